The third kappa shape index (κ3) is 3.53. The molecule has 0 aliphatic heterocycles. The Hall–Kier alpha value is -0.600. The van der Waals surface area contributed by atoms with Gasteiger partial charge in [-0.15, -0.1) is 11.3 Å². The molecule has 0 amide bonds. The Balaban J connectivity index is 2.24. The molecule has 1 heterocycles. The van der Waals surface area contributed by atoms with Crippen molar-refractivity contribution in [3.63, 3.8) is 0 Å². The van der Waals surface area contributed by atoms with Crippen molar-refractivity contribution in [1.29, 1.82) is 0 Å². The largest absolute Gasteiger partial charge is 0.324 e. The van der Waals surface area contributed by atoms with Gasteiger partial charge in [-0.25, -0.2) is 8.42 Å². The molecule has 20 heavy (non-hydrogen) atoms. The number of nitrogens with two attached hydrogens (primary N) is 1. The molecule has 8 heteroatoms. The zero-order chi connectivity index (χ0) is 14.9. The summed E-state index contributed by atoms with van der Waals surface area (Å²) in [5.41, 5.74) is 7.17. The molecule has 0 radical (unpaired) electrons. The summed E-state index contributed by atoms with van der Waals surface area (Å²) in [7, 11) is -3.63. The Morgan fingerprint density at radius 3 is 2.40 bits per heavy atom. The van der Waals surface area contributed by atoms with Crippen LogP contribution in [0.3, 0.4) is 0 Å². The first-order valence-corrected chi connectivity index (χ1v) is 9.10. The van der Waals surface area contributed by atoms with E-state index in [2.05, 4.69) is 20.7 Å². The van der Waals surface area contributed by atoms with E-state index in [4.69, 9.17) is 17.3 Å². The average Bonchev–Trinajstić information content (AvgIpc) is 2.71. The first-order valence-electron chi connectivity index (χ1n) is 5.63. The van der Waals surface area contributed by atoms with Crippen LogP contribution in [-0.2, 0) is 10.0 Å². The molecule has 0 saturated carbocycles. The first kappa shape index (κ1) is 15.8. The van der Waals surface area contributed by atoms with E-state index in [1.54, 1.807) is 24.3 Å². The van der Waals surface area contributed by atoms with Crippen molar-refractivity contribution in [2.45, 2.75) is 17.2 Å². The van der Waals surface area contributed by atoms with E-state index in [1.807, 2.05) is 6.92 Å². The summed E-state index contributed by atoms with van der Waals surface area (Å²) in [4.78, 5) is 0. The lowest BCUT2D eigenvalue weighted by molar-refractivity contribution is 0.603. The third-order valence-electron chi connectivity index (χ3n) is 2.58. The maximum Gasteiger partial charge on any atom is 0.271 e. The number of sulfonamides is 1. The van der Waals surface area contributed by atoms with E-state index < -0.39 is 10.0 Å². The molecular weight excluding hydrogens is 384 g/mol. The van der Waals surface area contributed by atoms with Crippen LogP contribution in [0.4, 0.5) is 5.69 Å². The van der Waals surface area contributed by atoms with Crippen LogP contribution in [-0.4, -0.2) is 8.42 Å². The van der Waals surface area contributed by atoms with E-state index in [1.165, 1.54) is 6.07 Å². The highest BCUT2D eigenvalue weighted by Gasteiger charge is 2.19. The fraction of sp³-hybridized carbons (Fsp3) is 0.167. The minimum atomic E-state index is -3.63. The van der Waals surface area contributed by atoms with Gasteiger partial charge in [0, 0.05) is 11.7 Å². The van der Waals surface area contributed by atoms with Crippen LogP contribution >= 0.6 is 38.9 Å². The Labute approximate surface area is 135 Å². The highest BCUT2D eigenvalue weighted by molar-refractivity contribution is 9.11. The zero-order valence-electron chi connectivity index (χ0n) is 10.4. The number of hydrogen-bond donors (Lipinski definition) is 2. The fourth-order valence-electron chi connectivity index (χ4n) is 1.52. The summed E-state index contributed by atoms with van der Waals surface area (Å²) in [6.07, 6.45) is 0. The number of thiophene rings is 1. The second-order valence-corrected chi connectivity index (χ2v) is 8.89. The molecular formula is C12H12BrClN2O2S2. The first-order chi connectivity index (χ1) is 9.29. The molecule has 1 atom stereocenters. The van der Waals surface area contributed by atoms with Crippen molar-refractivity contribution in [2.24, 2.45) is 5.73 Å². The van der Waals surface area contributed by atoms with Crippen molar-refractivity contribution >= 4 is 54.6 Å². The summed E-state index contributed by atoms with van der Waals surface area (Å²) in [5, 5.41) is 0.377. The molecule has 1 aromatic heterocycles. The predicted octanol–water partition coefficient (Wildman–Crippen LogP) is 3.98. The standard InChI is InChI=1S/C12H12BrClN2O2S2/c1-7(15)8-2-4-9(5-3-8)16-20(17,18)11-6-10(14)12(13)19-11/h2-7,16H,15H2,1H3. The molecule has 0 aliphatic carbocycles. The van der Waals surface area contributed by atoms with Crippen molar-refractivity contribution in [3.8, 4) is 0 Å². The van der Waals surface area contributed by atoms with E-state index in [-0.39, 0.29) is 10.3 Å². The molecule has 3 N–H and O–H groups in total. The molecule has 1 unspecified atom stereocenters. The average molecular weight is 396 g/mol. The van der Waals surface area contributed by atoms with Crippen LogP contribution in [0, 0.1) is 0 Å². The number of rotatable bonds is 4. The molecule has 2 rings (SSSR count). The highest BCUT2D eigenvalue weighted by Crippen LogP contribution is 2.35. The summed E-state index contributed by atoms with van der Waals surface area (Å²) < 4.78 is 27.6. The molecule has 4 nitrogen and oxygen atoms in total. The number of nitrogens with one attached hydrogen (secondary N) is 1. The van der Waals surface area contributed by atoms with Gasteiger partial charge >= 0.3 is 0 Å². The molecule has 1 aromatic carbocycles. The van der Waals surface area contributed by atoms with E-state index in [0.717, 1.165) is 16.9 Å². The minimum Gasteiger partial charge on any atom is -0.324 e. The summed E-state index contributed by atoms with van der Waals surface area (Å²) in [6.45, 7) is 1.87. The van der Waals surface area contributed by atoms with Crippen LogP contribution in [0.25, 0.3) is 0 Å². The van der Waals surface area contributed by atoms with Crippen molar-refractivity contribution in [3.05, 3.63) is 44.7 Å². The van der Waals surface area contributed by atoms with Gasteiger partial charge in [0.1, 0.15) is 4.21 Å². The van der Waals surface area contributed by atoms with Crippen LogP contribution in [0.1, 0.15) is 18.5 Å². The molecule has 0 fully saturated rings. The fourth-order valence-corrected chi connectivity index (χ4v) is 4.98. The normalized spacial score (nSPS) is 13.2. The van der Waals surface area contributed by atoms with Crippen molar-refractivity contribution in [2.75, 3.05) is 4.72 Å². The maximum atomic E-state index is 12.2. The Kier molecular flexibility index (Phi) is 4.76. The Bertz CT molecular complexity index is 692. The van der Waals surface area contributed by atoms with Gasteiger partial charge in [-0.1, -0.05) is 23.7 Å². The molecule has 2 aromatic rings. The Morgan fingerprint density at radius 2 is 1.95 bits per heavy atom. The van der Waals surface area contributed by atoms with Crippen LogP contribution in [0.15, 0.2) is 38.3 Å². The maximum absolute atomic E-state index is 12.2. The quantitative estimate of drug-likeness (QED) is 0.822. The second-order valence-electron chi connectivity index (χ2n) is 4.20. The van der Waals surface area contributed by atoms with Crippen LogP contribution < -0.4 is 10.5 Å². The van der Waals surface area contributed by atoms with Crippen molar-refractivity contribution in [1.82, 2.24) is 0 Å². The SMILES string of the molecule is CC(N)c1ccc(NS(=O)(=O)c2cc(Cl)c(Br)s2)cc1. The summed E-state index contributed by atoms with van der Waals surface area (Å²) in [6, 6.07) is 8.27. The monoisotopic (exact) mass is 394 g/mol. The van der Waals surface area contributed by atoms with Crippen LogP contribution in [0.2, 0.25) is 5.02 Å². The molecule has 0 saturated heterocycles. The number of benzene rings is 1. The number of hydrogen-bond acceptors (Lipinski definition) is 4. The van der Waals surface area contributed by atoms with Gasteiger partial charge in [-0.2, -0.15) is 0 Å². The number of halogens is 2. The molecule has 0 bridgehead atoms. The van der Waals surface area contributed by atoms with E-state index >= 15 is 0 Å². The van der Waals surface area contributed by atoms with Gasteiger partial charge in [-0.3, -0.25) is 4.72 Å². The van der Waals surface area contributed by atoms with Gasteiger partial charge in [0.05, 0.1) is 8.81 Å². The highest BCUT2D eigenvalue weighted by atomic mass is 79.9. The molecule has 0 spiro atoms. The van der Waals surface area contributed by atoms with Gasteiger partial charge in [-0.05, 0) is 46.6 Å². The predicted molar refractivity (Wildman–Crippen MR) is 86.9 cm³/mol. The minimum absolute atomic E-state index is 0.0901. The summed E-state index contributed by atoms with van der Waals surface area (Å²) in [5.74, 6) is 0. The lowest BCUT2D eigenvalue weighted by Crippen LogP contribution is -2.11. The van der Waals surface area contributed by atoms with E-state index in [9.17, 15) is 8.42 Å². The van der Waals surface area contributed by atoms with Gasteiger partial charge in [0.2, 0.25) is 0 Å². The van der Waals surface area contributed by atoms with Gasteiger partial charge in [0.25, 0.3) is 10.0 Å². The van der Waals surface area contributed by atoms with E-state index in [0.29, 0.717) is 14.5 Å². The molecule has 108 valence electrons. The lowest BCUT2D eigenvalue weighted by atomic mass is 10.1. The van der Waals surface area contributed by atoms with Crippen LogP contribution in [0.5, 0.6) is 0 Å². The Morgan fingerprint density at radius 1 is 1.35 bits per heavy atom. The topological polar surface area (TPSA) is 72.2 Å². The van der Waals surface area contributed by atoms with Gasteiger partial charge < -0.3 is 5.73 Å². The summed E-state index contributed by atoms with van der Waals surface area (Å²) >= 11 is 10.1. The number of anilines is 1. The smallest absolute Gasteiger partial charge is 0.271 e. The third-order valence-corrected chi connectivity index (χ3v) is 6.91. The lowest BCUT2D eigenvalue weighted by Gasteiger charge is -2.09. The van der Waals surface area contributed by atoms with Crippen molar-refractivity contribution < 1.29 is 8.42 Å². The second kappa shape index (κ2) is 6.03. The zero-order valence-corrected chi connectivity index (χ0v) is 14.4. The molecule has 0 aliphatic rings. The van der Waals surface area contributed by atoms with Gasteiger partial charge in [0.15, 0.2) is 0 Å².